The number of nitrogens with zero attached hydrogens (tertiary/aromatic N) is 2. The van der Waals surface area contributed by atoms with E-state index in [1.807, 2.05) is 74.4 Å². The molecule has 2 aromatic carbocycles. The Kier molecular flexibility index (Phi) is 5.04. The summed E-state index contributed by atoms with van der Waals surface area (Å²) in [5.41, 5.74) is 3.63. The molecule has 1 aliphatic heterocycles. The van der Waals surface area contributed by atoms with Crippen LogP contribution in [0.25, 0.3) is 0 Å². The average Bonchev–Trinajstić information content (AvgIpc) is 2.92. The standard InChI is InChI=1S/C22H24N2O3/c1-5-18(25)19-20(15-9-11-16(12-10-15)23(3)4)24(22(27)21(19)26)17-8-6-7-14(2)13-17/h6-13,20,26H,5H2,1-4H3. The van der Waals surface area contributed by atoms with Crippen LogP contribution < -0.4 is 9.80 Å². The Morgan fingerprint density at radius 2 is 1.81 bits per heavy atom. The molecule has 0 aliphatic carbocycles. The summed E-state index contributed by atoms with van der Waals surface area (Å²) in [5, 5.41) is 10.5. The van der Waals surface area contributed by atoms with E-state index in [1.54, 1.807) is 6.92 Å². The fourth-order valence-corrected chi connectivity index (χ4v) is 3.39. The van der Waals surface area contributed by atoms with Gasteiger partial charge >= 0.3 is 0 Å². The van der Waals surface area contributed by atoms with Gasteiger partial charge < -0.3 is 10.0 Å². The van der Waals surface area contributed by atoms with Crippen LogP contribution in [0.1, 0.15) is 30.5 Å². The zero-order valence-electron chi connectivity index (χ0n) is 16.1. The van der Waals surface area contributed by atoms with Gasteiger partial charge in [-0.3, -0.25) is 14.5 Å². The summed E-state index contributed by atoms with van der Waals surface area (Å²) in [6.07, 6.45) is 0.223. The zero-order valence-corrected chi connectivity index (χ0v) is 16.1. The van der Waals surface area contributed by atoms with Gasteiger partial charge in [0.1, 0.15) is 0 Å². The van der Waals surface area contributed by atoms with Gasteiger partial charge in [-0.05, 0) is 42.3 Å². The van der Waals surface area contributed by atoms with Gasteiger partial charge in [0.25, 0.3) is 5.91 Å². The van der Waals surface area contributed by atoms with Gasteiger partial charge in [-0.2, -0.15) is 0 Å². The fraction of sp³-hybridized carbons (Fsp3) is 0.273. The second-order valence-corrected chi connectivity index (χ2v) is 6.94. The topological polar surface area (TPSA) is 60.9 Å². The minimum absolute atomic E-state index is 0.168. The summed E-state index contributed by atoms with van der Waals surface area (Å²) in [4.78, 5) is 28.9. The maximum atomic E-state index is 12.9. The van der Waals surface area contributed by atoms with Crippen LogP contribution in [-0.4, -0.2) is 30.9 Å². The van der Waals surface area contributed by atoms with Crippen LogP contribution >= 0.6 is 0 Å². The van der Waals surface area contributed by atoms with Gasteiger partial charge in [0, 0.05) is 31.9 Å². The van der Waals surface area contributed by atoms with E-state index in [2.05, 4.69) is 0 Å². The molecule has 0 spiro atoms. The molecular formula is C22H24N2O3. The van der Waals surface area contributed by atoms with E-state index in [1.165, 1.54) is 4.90 Å². The summed E-state index contributed by atoms with van der Waals surface area (Å²) < 4.78 is 0. The van der Waals surface area contributed by atoms with Gasteiger partial charge in [0.2, 0.25) is 0 Å². The Balaban J connectivity index is 2.15. The van der Waals surface area contributed by atoms with E-state index in [-0.39, 0.29) is 17.8 Å². The van der Waals surface area contributed by atoms with Gasteiger partial charge in [-0.1, -0.05) is 31.2 Å². The molecule has 1 heterocycles. The lowest BCUT2D eigenvalue weighted by Crippen LogP contribution is -2.31. The average molecular weight is 364 g/mol. The largest absolute Gasteiger partial charge is 0.503 e. The smallest absolute Gasteiger partial charge is 0.294 e. The molecule has 27 heavy (non-hydrogen) atoms. The van der Waals surface area contributed by atoms with Crippen LogP contribution in [0, 0.1) is 6.92 Å². The highest BCUT2D eigenvalue weighted by molar-refractivity contribution is 6.16. The normalized spacial score (nSPS) is 16.8. The number of hydrogen-bond donors (Lipinski definition) is 1. The van der Waals surface area contributed by atoms with Crippen molar-refractivity contribution in [1.29, 1.82) is 0 Å². The van der Waals surface area contributed by atoms with Gasteiger partial charge in [-0.25, -0.2) is 0 Å². The third kappa shape index (κ3) is 3.33. The number of amides is 1. The molecule has 1 N–H and O–H groups in total. The number of rotatable bonds is 5. The van der Waals surface area contributed by atoms with Crippen LogP contribution in [0.15, 0.2) is 59.9 Å². The van der Waals surface area contributed by atoms with Crippen LogP contribution in [0.2, 0.25) is 0 Å². The molecule has 0 radical (unpaired) electrons. The monoisotopic (exact) mass is 364 g/mol. The van der Waals surface area contributed by atoms with Crippen LogP contribution in [0.4, 0.5) is 11.4 Å². The van der Waals surface area contributed by atoms with Crippen LogP contribution in [-0.2, 0) is 9.59 Å². The van der Waals surface area contributed by atoms with Gasteiger partial charge in [0.05, 0.1) is 11.6 Å². The molecule has 3 rings (SSSR count). The molecule has 1 atom stereocenters. The van der Waals surface area contributed by atoms with E-state index in [4.69, 9.17) is 0 Å². The number of benzene rings is 2. The number of carbonyl (C=O) groups excluding carboxylic acids is 2. The highest BCUT2D eigenvalue weighted by Crippen LogP contribution is 2.41. The first kappa shape index (κ1) is 18.7. The summed E-state index contributed by atoms with van der Waals surface area (Å²) in [7, 11) is 3.90. The molecule has 1 unspecified atom stereocenters. The molecule has 1 amide bonds. The highest BCUT2D eigenvalue weighted by Gasteiger charge is 2.43. The Labute approximate surface area is 159 Å². The number of aliphatic hydroxyl groups excluding tert-OH is 1. The predicted octanol–water partition coefficient (Wildman–Crippen LogP) is 3.94. The van der Waals surface area contributed by atoms with Crippen molar-refractivity contribution in [2.75, 3.05) is 23.9 Å². The molecule has 140 valence electrons. The second kappa shape index (κ2) is 7.27. The Bertz CT molecular complexity index is 913. The second-order valence-electron chi connectivity index (χ2n) is 6.94. The minimum atomic E-state index is -0.636. The number of Topliss-reactive ketones (excluding diaryl/α,β-unsaturated/α-hetero) is 1. The van der Waals surface area contributed by atoms with E-state index in [0.29, 0.717) is 5.69 Å². The maximum Gasteiger partial charge on any atom is 0.294 e. The summed E-state index contributed by atoms with van der Waals surface area (Å²) >= 11 is 0. The molecule has 1 aliphatic rings. The number of anilines is 2. The van der Waals surface area contributed by atoms with Crippen LogP contribution in [0.5, 0.6) is 0 Å². The van der Waals surface area contributed by atoms with Crippen molar-refractivity contribution in [2.45, 2.75) is 26.3 Å². The molecule has 0 aromatic heterocycles. The first-order chi connectivity index (χ1) is 12.8. The minimum Gasteiger partial charge on any atom is -0.503 e. The van der Waals surface area contributed by atoms with Crippen LogP contribution in [0.3, 0.4) is 0 Å². The molecular weight excluding hydrogens is 340 g/mol. The first-order valence-corrected chi connectivity index (χ1v) is 8.99. The van der Waals surface area contributed by atoms with E-state index in [9.17, 15) is 14.7 Å². The number of carbonyl (C=O) groups is 2. The molecule has 2 aromatic rings. The van der Waals surface area contributed by atoms with Crippen molar-refractivity contribution in [1.82, 2.24) is 0 Å². The fourth-order valence-electron chi connectivity index (χ4n) is 3.39. The van der Waals surface area contributed by atoms with Crippen molar-refractivity contribution >= 4 is 23.1 Å². The number of hydrogen-bond acceptors (Lipinski definition) is 4. The maximum absolute atomic E-state index is 12.9. The van der Waals surface area contributed by atoms with E-state index in [0.717, 1.165) is 16.8 Å². The summed E-state index contributed by atoms with van der Waals surface area (Å²) in [6, 6.07) is 14.6. The van der Waals surface area contributed by atoms with E-state index < -0.39 is 17.7 Å². The van der Waals surface area contributed by atoms with Crippen molar-refractivity contribution in [3.63, 3.8) is 0 Å². The third-order valence-electron chi connectivity index (χ3n) is 4.83. The first-order valence-electron chi connectivity index (χ1n) is 8.99. The van der Waals surface area contributed by atoms with E-state index >= 15 is 0 Å². The van der Waals surface area contributed by atoms with Crippen molar-refractivity contribution in [3.8, 4) is 0 Å². The molecule has 0 saturated heterocycles. The van der Waals surface area contributed by atoms with Crippen molar-refractivity contribution in [3.05, 3.63) is 71.0 Å². The Morgan fingerprint density at radius 1 is 1.15 bits per heavy atom. The number of aryl methyl sites for hydroxylation is 1. The summed E-state index contributed by atoms with van der Waals surface area (Å²) in [5.74, 6) is -1.22. The molecule has 5 nitrogen and oxygen atoms in total. The predicted molar refractivity (Wildman–Crippen MR) is 107 cm³/mol. The lowest BCUT2D eigenvalue weighted by Gasteiger charge is -2.27. The number of aliphatic hydroxyl groups is 1. The van der Waals surface area contributed by atoms with Crippen molar-refractivity contribution < 1.29 is 14.7 Å². The SMILES string of the molecule is CCC(=O)C1=C(O)C(=O)N(c2cccc(C)c2)C1c1ccc(N(C)C)cc1. The quantitative estimate of drug-likeness (QED) is 0.873. The third-order valence-corrected chi connectivity index (χ3v) is 4.83. The Morgan fingerprint density at radius 3 is 2.37 bits per heavy atom. The number of ketones is 1. The molecule has 0 bridgehead atoms. The zero-order chi connectivity index (χ0) is 19.7. The van der Waals surface area contributed by atoms with Crippen molar-refractivity contribution in [2.24, 2.45) is 0 Å². The lowest BCUT2D eigenvalue weighted by molar-refractivity contribution is -0.118. The Hall–Kier alpha value is -3.08. The lowest BCUT2D eigenvalue weighted by atomic mass is 9.94. The molecule has 0 fully saturated rings. The summed E-state index contributed by atoms with van der Waals surface area (Å²) in [6.45, 7) is 3.67. The van der Waals surface area contributed by atoms with Gasteiger partial charge in [0.15, 0.2) is 11.5 Å². The molecule has 5 heteroatoms. The molecule has 0 saturated carbocycles. The van der Waals surface area contributed by atoms with Gasteiger partial charge in [-0.15, -0.1) is 0 Å². The highest BCUT2D eigenvalue weighted by atomic mass is 16.3.